The zero-order chi connectivity index (χ0) is 17.8. The first-order valence-corrected chi connectivity index (χ1v) is 9.31. The molecule has 0 unspecified atom stereocenters. The average Bonchev–Trinajstić information content (AvgIpc) is 3.10. The van der Waals surface area contributed by atoms with Gasteiger partial charge in [-0.25, -0.2) is 4.98 Å². The van der Waals surface area contributed by atoms with Gasteiger partial charge in [0.25, 0.3) is 0 Å². The van der Waals surface area contributed by atoms with Crippen molar-refractivity contribution in [3.63, 3.8) is 0 Å². The molecule has 0 atom stereocenters. The lowest BCUT2D eigenvalue weighted by Gasteiger charge is -2.28. The molecule has 134 valence electrons. The monoisotopic (exact) mass is 348 g/mol. The van der Waals surface area contributed by atoms with Crippen LogP contribution in [0.2, 0.25) is 0 Å². The summed E-state index contributed by atoms with van der Waals surface area (Å²) in [5.41, 5.74) is 3.16. The standard InChI is InChI=1S/C21H24N4O/c26-20(22-14-15-6-2-1-3-7-15)16-10-12-17(13-11-16)23-21-24-18-8-4-5-9-19(18)25-21/h1-9,16-17H,10-14H2,(H,22,26)(H2,23,24,25)/t16-,17-. The van der Waals surface area contributed by atoms with Gasteiger partial charge in [-0.3, -0.25) is 4.79 Å². The molecule has 0 saturated heterocycles. The minimum Gasteiger partial charge on any atom is -0.353 e. The highest BCUT2D eigenvalue weighted by molar-refractivity contribution is 5.79. The summed E-state index contributed by atoms with van der Waals surface area (Å²) in [5, 5.41) is 6.56. The number of benzene rings is 2. The molecule has 5 heteroatoms. The van der Waals surface area contributed by atoms with Crippen molar-refractivity contribution in [3.8, 4) is 0 Å². The first-order chi connectivity index (χ1) is 12.8. The van der Waals surface area contributed by atoms with Gasteiger partial charge in [-0.05, 0) is 43.4 Å². The third-order valence-corrected chi connectivity index (χ3v) is 5.14. The topological polar surface area (TPSA) is 69.8 Å². The van der Waals surface area contributed by atoms with E-state index in [0.29, 0.717) is 12.6 Å². The van der Waals surface area contributed by atoms with E-state index in [0.717, 1.165) is 48.2 Å². The molecule has 26 heavy (non-hydrogen) atoms. The summed E-state index contributed by atoms with van der Waals surface area (Å²) in [4.78, 5) is 20.3. The van der Waals surface area contributed by atoms with Crippen molar-refractivity contribution in [1.82, 2.24) is 15.3 Å². The van der Waals surface area contributed by atoms with Crippen molar-refractivity contribution >= 4 is 22.9 Å². The molecule has 1 fully saturated rings. The molecule has 2 aromatic carbocycles. The summed E-state index contributed by atoms with van der Waals surface area (Å²) in [6.45, 7) is 0.608. The molecule has 0 aliphatic heterocycles. The quantitative estimate of drug-likeness (QED) is 0.656. The van der Waals surface area contributed by atoms with Gasteiger partial charge >= 0.3 is 0 Å². The van der Waals surface area contributed by atoms with Gasteiger partial charge in [0.05, 0.1) is 11.0 Å². The Bertz CT molecular complexity index is 833. The highest BCUT2D eigenvalue weighted by Gasteiger charge is 2.26. The Hall–Kier alpha value is -2.82. The van der Waals surface area contributed by atoms with Crippen LogP contribution in [0, 0.1) is 5.92 Å². The number of hydrogen-bond acceptors (Lipinski definition) is 3. The van der Waals surface area contributed by atoms with E-state index in [2.05, 4.69) is 20.6 Å². The smallest absolute Gasteiger partial charge is 0.223 e. The summed E-state index contributed by atoms with van der Waals surface area (Å²) >= 11 is 0. The summed E-state index contributed by atoms with van der Waals surface area (Å²) < 4.78 is 0. The fraction of sp³-hybridized carbons (Fsp3) is 0.333. The molecular formula is C21H24N4O. The Morgan fingerprint density at radius 1 is 1.00 bits per heavy atom. The number of rotatable bonds is 5. The Kier molecular flexibility index (Phi) is 4.86. The van der Waals surface area contributed by atoms with Crippen molar-refractivity contribution < 1.29 is 4.79 Å². The number of carbonyl (C=O) groups is 1. The van der Waals surface area contributed by atoms with Crippen LogP contribution in [0.3, 0.4) is 0 Å². The Balaban J connectivity index is 1.26. The third-order valence-electron chi connectivity index (χ3n) is 5.14. The van der Waals surface area contributed by atoms with Crippen LogP contribution >= 0.6 is 0 Å². The van der Waals surface area contributed by atoms with Gasteiger partial charge in [0.1, 0.15) is 0 Å². The van der Waals surface area contributed by atoms with Crippen molar-refractivity contribution in [1.29, 1.82) is 0 Å². The lowest BCUT2D eigenvalue weighted by molar-refractivity contribution is -0.126. The van der Waals surface area contributed by atoms with Gasteiger partial charge in [0.15, 0.2) is 0 Å². The van der Waals surface area contributed by atoms with Crippen LogP contribution in [0.5, 0.6) is 0 Å². The molecule has 1 amide bonds. The Labute approximate surface area is 153 Å². The number of carbonyl (C=O) groups excluding carboxylic acids is 1. The zero-order valence-electron chi connectivity index (χ0n) is 14.7. The number of aromatic nitrogens is 2. The SMILES string of the molecule is O=C(NCc1ccccc1)[C@H]1CC[C@H](Nc2nc3ccccc3[nH]2)CC1. The molecule has 5 nitrogen and oxygen atoms in total. The average molecular weight is 348 g/mol. The molecule has 1 saturated carbocycles. The molecular weight excluding hydrogens is 324 g/mol. The number of para-hydroxylation sites is 2. The second kappa shape index (κ2) is 7.60. The summed E-state index contributed by atoms with van der Waals surface area (Å²) in [5.74, 6) is 1.12. The van der Waals surface area contributed by atoms with Gasteiger partial charge < -0.3 is 15.6 Å². The molecule has 1 aromatic heterocycles. The number of hydrogen-bond donors (Lipinski definition) is 3. The maximum absolute atomic E-state index is 12.4. The van der Waals surface area contributed by atoms with Crippen molar-refractivity contribution in [2.75, 3.05) is 5.32 Å². The number of imidazole rings is 1. The largest absolute Gasteiger partial charge is 0.353 e. The first-order valence-electron chi connectivity index (χ1n) is 9.31. The van der Waals surface area contributed by atoms with Gasteiger partial charge in [0.2, 0.25) is 11.9 Å². The second-order valence-corrected chi connectivity index (χ2v) is 7.00. The molecule has 0 spiro atoms. The van der Waals surface area contributed by atoms with Gasteiger partial charge in [-0.2, -0.15) is 0 Å². The van der Waals surface area contributed by atoms with E-state index in [9.17, 15) is 4.79 Å². The number of anilines is 1. The minimum absolute atomic E-state index is 0.118. The predicted octanol–water partition coefficient (Wildman–Crippen LogP) is 3.85. The van der Waals surface area contributed by atoms with Crippen LogP contribution in [-0.4, -0.2) is 21.9 Å². The molecule has 3 N–H and O–H groups in total. The number of nitrogens with zero attached hydrogens (tertiary/aromatic N) is 1. The molecule has 1 aliphatic carbocycles. The van der Waals surface area contributed by atoms with Crippen LogP contribution in [0.15, 0.2) is 54.6 Å². The van der Waals surface area contributed by atoms with Gasteiger partial charge in [-0.1, -0.05) is 42.5 Å². The first kappa shape index (κ1) is 16.6. The normalized spacial score (nSPS) is 20.0. The van der Waals surface area contributed by atoms with Crippen molar-refractivity contribution in [2.45, 2.75) is 38.3 Å². The molecule has 4 rings (SSSR count). The molecule has 0 bridgehead atoms. The van der Waals surface area contributed by atoms with E-state index in [1.807, 2.05) is 54.6 Å². The van der Waals surface area contributed by atoms with Crippen LogP contribution in [0.4, 0.5) is 5.95 Å². The minimum atomic E-state index is 0.118. The lowest BCUT2D eigenvalue weighted by Crippen LogP contribution is -2.35. The van der Waals surface area contributed by atoms with E-state index in [4.69, 9.17) is 0 Å². The van der Waals surface area contributed by atoms with E-state index in [1.165, 1.54) is 0 Å². The van der Waals surface area contributed by atoms with E-state index < -0.39 is 0 Å². The van der Waals surface area contributed by atoms with Crippen molar-refractivity contribution in [3.05, 3.63) is 60.2 Å². The lowest BCUT2D eigenvalue weighted by atomic mass is 9.85. The Morgan fingerprint density at radius 3 is 2.50 bits per heavy atom. The summed E-state index contributed by atoms with van der Waals surface area (Å²) in [7, 11) is 0. The third kappa shape index (κ3) is 3.87. The van der Waals surface area contributed by atoms with E-state index in [-0.39, 0.29) is 11.8 Å². The number of amides is 1. The van der Waals surface area contributed by atoms with E-state index in [1.54, 1.807) is 0 Å². The Morgan fingerprint density at radius 2 is 1.73 bits per heavy atom. The second-order valence-electron chi connectivity index (χ2n) is 7.00. The fourth-order valence-corrected chi connectivity index (χ4v) is 3.64. The van der Waals surface area contributed by atoms with Gasteiger partial charge in [0, 0.05) is 18.5 Å². The zero-order valence-corrected chi connectivity index (χ0v) is 14.7. The summed E-state index contributed by atoms with van der Waals surface area (Å²) in [6.07, 6.45) is 3.80. The maximum Gasteiger partial charge on any atom is 0.223 e. The van der Waals surface area contributed by atoms with Crippen LogP contribution < -0.4 is 10.6 Å². The van der Waals surface area contributed by atoms with E-state index >= 15 is 0 Å². The predicted molar refractivity (Wildman–Crippen MR) is 104 cm³/mol. The highest BCUT2D eigenvalue weighted by atomic mass is 16.1. The van der Waals surface area contributed by atoms with Crippen molar-refractivity contribution in [2.24, 2.45) is 5.92 Å². The number of fused-ring (bicyclic) bond motifs is 1. The molecule has 1 heterocycles. The van der Waals surface area contributed by atoms with Gasteiger partial charge in [-0.15, -0.1) is 0 Å². The molecule has 0 radical (unpaired) electrons. The molecule has 3 aromatic rings. The van der Waals surface area contributed by atoms with Crippen LogP contribution in [0.25, 0.3) is 11.0 Å². The number of nitrogens with one attached hydrogen (secondary N) is 3. The summed E-state index contributed by atoms with van der Waals surface area (Å²) in [6, 6.07) is 18.5. The number of aromatic amines is 1. The highest BCUT2D eigenvalue weighted by Crippen LogP contribution is 2.27. The fourth-order valence-electron chi connectivity index (χ4n) is 3.64. The maximum atomic E-state index is 12.4. The molecule has 1 aliphatic rings. The van der Waals surface area contributed by atoms with Crippen LogP contribution in [0.1, 0.15) is 31.2 Å². The van der Waals surface area contributed by atoms with Crippen LogP contribution in [-0.2, 0) is 11.3 Å². The number of H-pyrrole nitrogens is 1.